The molecular formula is C15H18N2O6. The van der Waals surface area contributed by atoms with Gasteiger partial charge in [0, 0.05) is 0 Å². The Morgan fingerprint density at radius 3 is 2.17 bits per heavy atom. The van der Waals surface area contributed by atoms with E-state index in [1.807, 2.05) is 0 Å². The van der Waals surface area contributed by atoms with Gasteiger partial charge in [0.1, 0.15) is 6.04 Å². The van der Waals surface area contributed by atoms with E-state index < -0.39 is 12.0 Å². The first kappa shape index (κ1) is 18.1. The highest BCUT2D eigenvalue weighted by atomic mass is 16.6. The van der Waals surface area contributed by atoms with E-state index in [2.05, 4.69) is 4.84 Å². The average molecular weight is 322 g/mol. The molecule has 0 aromatic heterocycles. The minimum Gasteiger partial charge on any atom is -0.504 e. The Kier molecular flexibility index (Phi) is 6.66. The molecule has 124 valence electrons. The summed E-state index contributed by atoms with van der Waals surface area (Å²) in [6, 6.07) is 9.59. The minimum atomic E-state index is -1.10. The summed E-state index contributed by atoms with van der Waals surface area (Å²) in [4.78, 5) is 14.7. The summed E-state index contributed by atoms with van der Waals surface area (Å²) in [6.07, 6.45) is 0.114. The maximum absolute atomic E-state index is 10.4. The summed E-state index contributed by atoms with van der Waals surface area (Å²) < 4.78 is 0. The number of benzene rings is 2. The second-order valence-corrected chi connectivity index (χ2v) is 4.56. The predicted octanol–water partition coefficient (Wildman–Crippen LogP) is 0.697. The Morgan fingerprint density at radius 1 is 1.04 bits per heavy atom. The molecule has 0 aliphatic carbocycles. The highest BCUT2D eigenvalue weighted by Crippen LogP contribution is 2.25. The van der Waals surface area contributed by atoms with Gasteiger partial charge >= 0.3 is 5.97 Å². The molecule has 2 rings (SSSR count). The van der Waals surface area contributed by atoms with E-state index >= 15 is 0 Å². The third kappa shape index (κ3) is 5.73. The van der Waals surface area contributed by atoms with Gasteiger partial charge in [-0.25, -0.2) is 0 Å². The second kappa shape index (κ2) is 8.47. The van der Waals surface area contributed by atoms with Crippen LogP contribution in [0.1, 0.15) is 5.56 Å². The largest absolute Gasteiger partial charge is 0.504 e. The fraction of sp³-hybridized carbons (Fsp3) is 0.133. The molecule has 0 amide bonds. The molecule has 0 saturated carbocycles. The van der Waals surface area contributed by atoms with Crippen LogP contribution in [0, 0.1) is 0 Å². The number of nitrogens with two attached hydrogens (primary N) is 2. The number of aromatic hydroxyl groups is 3. The van der Waals surface area contributed by atoms with Crippen LogP contribution in [0.15, 0.2) is 42.5 Å². The summed E-state index contributed by atoms with van der Waals surface area (Å²) in [6.45, 7) is 0. The molecule has 2 aromatic rings. The number of carboxylic acids is 1. The summed E-state index contributed by atoms with van der Waals surface area (Å²) in [7, 11) is 0. The van der Waals surface area contributed by atoms with Crippen molar-refractivity contribution in [3.63, 3.8) is 0 Å². The van der Waals surface area contributed by atoms with Crippen molar-refractivity contribution in [1.29, 1.82) is 0 Å². The molecule has 0 aliphatic heterocycles. The van der Waals surface area contributed by atoms with Crippen LogP contribution >= 0.6 is 0 Å². The molecule has 23 heavy (non-hydrogen) atoms. The lowest BCUT2D eigenvalue weighted by Gasteiger charge is -2.06. The van der Waals surface area contributed by atoms with Gasteiger partial charge in [-0.05, 0) is 36.2 Å². The Labute approximate surface area is 132 Å². The molecule has 0 radical (unpaired) electrons. The number of hydrogen-bond acceptors (Lipinski definition) is 7. The van der Waals surface area contributed by atoms with Crippen LogP contribution in [0.5, 0.6) is 23.0 Å². The van der Waals surface area contributed by atoms with Crippen LogP contribution in [0.2, 0.25) is 0 Å². The van der Waals surface area contributed by atoms with Crippen molar-refractivity contribution in [2.45, 2.75) is 12.5 Å². The zero-order valence-electron chi connectivity index (χ0n) is 12.1. The average Bonchev–Trinajstić information content (AvgIpc) is 2.52. The fourth-order valence-corrected chi connectivity index (χ4v) is 1.59. The molecule has 0 unspecified atom stereocenters. The molecular weight excluding hydrogens is 304 g/mol. The molecule has 0 fully saturated rings. The second-order valence-electron chi connectivity index (χ2n) is 4.56. The molecule has 0 saturated heterocycles. The number of carbonyl (C=O) groups is 1. The zero-order valence-corrected chi connectivity index (χ0v) is 12.1. The van der Waals surface area contributed by atoms with Gasteiger partial charge in [-0.2, -0.15) is 5.90 Å². The van der Waals surface area contributed by atoms with Gasteiger partial charge in [0.2, 0.25) is 0 Å². The van der Waals surface area contributed by atoms with Gasteiger partial charge < -0.3 is 31.0 Å². The third-order valence-electron chi connectivity index (χ3n) is 2.80. The molecule has 8 nitrogen and oxygen atoms in total. The fourth-order valence-electron chi connectivity index (χ4n) is 1.59. The van der Waals surface area contributed by atoms with E-state index in [4.69, 9.17) is 32.1 Å². The van der Waals surface area contributed by atoms with Crippen LogP contribution in [0.3, 0.4) is 0 Å². The lowest BCUT2D eigenvalue weighted by Crippen LogP contribution is -2.32. The number of carboxylic acid groups (broad SMARTS) is 1. The molecule has 0 spiro atoms. The van der Waals surface area contributed by atoms with Gasteiger partial charge in [-0.1, -0.05) is 18.2 Å². The first-order chi connectivity index (χ1) is 10.8. The van der Waals surface area contributed by atoms with E-state index in [0.29, 0.717) is 5.56 Å². The Balaban J connectivity index is 0.000000253. The number of rotatable bonds is 4. The maximum Gasteiger partial charge on any atom is 0.320 e. The lowest BCUT2D eigenvalue weighted by molar-refractivity contribution is -0.138. The first-order valence-electron chi connectivity index (χ1n) is 6.49. The Bertz CT molecular complexity index is 662. The van der Waals surface area contributed by atoms with E-state index in [1.165, 1.54) is 24.3 Å². The monoisotopic (exact) mass is 322 g/mol. The normalized spacial score (nSPS) is 11.0. The van der Waals surface area contributed by atoms with Gasteiger partial charge in [0.15, 0.2) is 23.0 Å². The molecule has 1 atom stereocenters. The van der Waals surface area contributed by atoms with Crippen molar-refractivity contribution in [3.05, 3.63) is 48.0 Å². The molecule has 8 heteroatoms. The van der Waals surface area contributed by atoms with Crippen molar-refractivity contribution < 1.29 is 30.1 Å². The van der Waals surface area contributed by atoms with Crippen molar-refractivity contribution in [2.75, 3.05) is 0 Å². The summed E-state index contributed by atoms with van der Waals surface area (Å²) in [5, 5.41) is 35.5. The minimum absolute atomic E-state index is 0.0556. The van der Waals surface area contributed by atoms with Crippen LogP contribution in [-0.2, 0) is 11.2 Å². The zero-order chi connectivity index (χ0) is 17.4. The van der Waals surface area contributed by atoms with Gasteiger partial charge in [-0.15, -0.1) is 0 Å². The number of para-hydroxylation sites is 2. The van der Waals surface area contributed by atoms with E-state index in [9.17, 15) is 4.79 Å². The van der Waals surface area contributed by atoms with Gasteiger partial charge in [0.25, 0.3) is 0 Å². The van der Waals surface area contributed by atoms with Crippen molar-refractivity contribution >= 4 is 5.97 Å². The molecule has 0 aliphatic rings. The molecule has 2 aromatic carbocycles. The first-order valence-corrected chi connectivity index (χ1v) is 6.49. The highest BCUT2D eigenvalue weighted by Gasteiger charge is 2.12. The van der Waals surface area contributed by atoms with Gasteiger partial charge in [0.05, 0.1) is 0 Å². The summed E-state index contributed by atoms with van der Waals surface area (Å²) in [5.74, 6) is 3.52. The molecule has 0 heterocycles. The van der Waals surface area contributed by atoms with E-state index in [0.717, 1.165) is 0 Å². The van der Waals surface area contributed by atoms with Crippen LogP contribution in [0.25, 0.3) is 0 Å². The summed E-state index contributed by atoms with van der Waals surface area (Å²) >= 11 is 0. The third-order valence-corrected chi connectivity index (χ3v) is 2.80. The molecule has 0 bridgehead atoms. The Morgan fingerprint density at radius 2 is 1.70 bits per heavy atom. The SMILES string of the molecule is NOc1ccccc1O.N[C@@H](Cc1ccc(O)c(O)c1)C(=O)O. The van der Waals surface area contributed by atoms with Crippen LogP contribution < -0.4 is 16.5 Å². The maximum atomic E-state index is 10.4. The standard InChI is InChI=1S/C9H11NO4.C6H7NO2/c10-6(9(13)14)3-5-1-2-7(11)8(12)4-5;7-9-6-4-2-1-3-5(6)8/h1-2,4,6,11-12H,3,10H2,(H,13,14);1-4,8H,7H2/t6-;/m0./s1. The van der Waals surface area contributed by atoms with E-state index in [1.54, 1.807) is 18.2 Å². The van der Waals surface area contributed by atoms with Crippen molar-refractivity contribution in [1.82, 2.24) is 0 Å². The number of aliphatic carboxylic acids is 1. The van der Waals surface area contributed by atoms with Crippen molar-refractivity contribution in [2.24, 2.45) is 11.6 Å². The topological polar surface area (TPSA) is 159 Å². The predicted molar refractivity (Wildman–Crippen MR) is 82.0 cm³/mol. The molecule has 8 N–H and O–H groups in total. The van der Waals surface area contributed by atoms with E-state index in [-0.39, 0.29) is 29.4 Å². The number of phenols is 3. The summed E-state index contributed by atoms with van der Waals surface area (Å²) in [5.41, 5.74) is 5.86. The number of hydrogen-bond donors (Lipinski definition) is 6. The lowest BCUT2D eigenvalue weighted by atomic mass is 10.1. The quantitative estimate of drug-likeness (QED) is 0.354. The van der Waals surface area contributed by atoms with Crippen LogP contribution in [-0.4, -0.2) is 32.4 Å². The van der Waals surface area contributed by atoms with Gasteiger partial charge in [-0.3, -0.25) is 4.79 Å². The van der Waals surface area contributed by atoms with Crippen LogP contribution in [0.4, 0.5) is 0 Å². The highest BCUT2D eigenvalue weighted by molar-refractivity contribution is 5.73. The van der Waals surface area contributed by atoms with Crippen molar-refractivity contribution in [3.8, 4) is 23.0 Å². The smallest absolute Gasteiger partial charge is 0.320 e. The number of phenolic OH excluding ortho intramolecular Hbond substituents is 3. The Hall–Kier alpha value is -2.97.